The van der Waals surface area contributed by atoms with Crippen molar-refractivity contribution in [3.05, 3.63) is 41.7 Å². The van der Waals surface area contributed by atoms with E-state index in [-0.39, 0.29) is 81.5 Å². The van der Waals surface area contributed by atoms with Crippen molar-refractivity contribution in [2.75, 3.05) is 7.11 Å². The van der Waals surface area contributed by atoms with E-state index >= 15 is 0 Å². The van der Waals surface area contributed by atoms with Gasteiger partial charge in [0.25, 0.3) is 0 Å². The van der Waals surface area contributed by atoms with E-state index in [0.717, 1.165) is 62.4 Å². The van der Waals surface area contributed by atoms with Crippen LogP contribution in [0.3, 0.4) is 0 Å². The van der Waals surface area contributed by atoms with Crippen LogP contribution in [0, 0.1) is 50.2 Å². The highest BCUT2D eigenvalue weighted by atomic mass is 16.5. The lowest BCUT2D eigenvalue weighted by molar-refractivity contribution is -0.190. The van der Waals surface area contributed by atoms with Crippen molar-refractivity contribution < 1.29 is 33.8 Å². The van der Waals surface area contributed by atoms with Crippen LogP contribution in [0.4, 0.5) is 0 Å². The summed E-state index contributed by atoms with van der Waals surface area (Å²) in [4.78, 5) is 57.4. The highest BCUT2D eigenvalue weighted by molar-refractivity contribution is 5.95. The molecule has 1 heterocycles. The van der Waals surface area contributed by atoms with Gasteiger partial charge in [0.2, 0.25) is 0 Å². The largest absolute Gasteiger partial charge is 0.481 e. The number of allylic oxidation sites excluding steroid dienone is 2. The Balaban J connectivity index is 1.11. The number of carbonyl (C=O) groups is 4. The summed E-state index contributed by atoms with van der Waals surface area (Å²) in [6, 6.07) is 7.69. The van der Waals surface area contributed by atoms with Gasteiger partial charge in [-0.25, -0.2) is 4.98 Å². The maximum atomic E-state index is 14.7. The molecule has 2 aromatic rings. The minimum absolute atomic E-state index is 0.0279. The molecule has 0 amide bonds. The number of methoxy groups -OCH3 is 1. The first-order chi connectivity index (χ1) is 24.8. The van der Waals surface area contributed by atoms with Gasteiger partial charge in [-0.2, -0.15) is 0 Å². The normalized spacial score (nSPS) is 38.8. The van der Waals surface area contributed by atoms with Crippen molar-refractivity contribution in [2.24, 2.45) is 50.2 Å². The van der Waals surface area contributed by atoms with Crippen molar-refractivity contribution in [1.82, 2.24) is 9.55 Å². The Morgan fingerprint density at radius 3 is 2.36 bits per heavy atom. The summed E-state index contributed by atoms with van der Waals surface area (Å²) in [6.45, 7) is 16.5. The van der Waals surface area contributed by atoms with E-state index in [1.54, 1.807) is 0 Å². The van der Waals surface area contributed by atoms with Gasteiger partial charge in [-0.15, -0.1) is 0 Å². The van der Waals surface area contributed by atoms with Gasteiger partial charge in [0.1, 0.15) is 11.9 Å². The standard InChI is InChI=1S/C44H60N2O7/c1-39(2)31-15-19-43(6)32(25-30(47)37-27-26-41(4,38(51)52-8)21-20-40(27,3)22-23-44(37,43)7)42(31,5)18-16-33(39)53-36(50)17-24-46-29-12-10-9-11-28(29)45-34(46)13-14-35(48)49/h9-12,25,27,31,33,37H,13-24,26H2,1-8H3,(H,48,49)/t27-,31-,33-,37-,40+,41-,42-,43+,44+/m0/s1. The predicted octanol–water partition coefficient (Wildman–Crippen LogP) is 8.51. The third-order valence-electron chi connectivity index (χ3n) is 16.3. The predicted molar refractivity (Wildman–Crippen MR) is 202 cm³/mol. The molecule has 1 aromatic carbocycles. The van der Waals surface area contributed by atoms with Crippen LogP contribution in [0.25, 0.3) is 11.0 Å². The van der Waals surface area contributed by atoms with E-state index < -0.39 is 11.4 Å². The van der Waals surface area contributed by atoms with Crippen molar-refractivity contribution in [3.8, 4) is 0 Å². The van der Waals surface area contributed by atoms with Gasteiger partial charge in [-0.3, -0.25) is 19.2 Å². The quantitative estimate of drug-likeness (QED) is 0.268. The summed E-state index contributed by atoms with van der Waals surface area (Å²) in [5.74, 6) is -0.138. The van der Waals surface area contributed by atoms with Crippen molar-refractivity contribution in [2.45, 2.75) is 138 Å². The van der Waals surface area contributed by atoms with Crippen LogP contribution >= 0.6 is 0 Å². The van der Waals surface area contributed by atoms with Crippen molar-refractivity contribution >= 4 is 34.7 Å². The van der Waals surface area contributed by atoms with Crippen LogP contribution in [-0.2, 0) is 41.6 Å². The van der Waals surface area contributed by atoms with E-state index in [0.29, 0.717) is 25.2 Å². The van der Waals surface area contributed by atoms with Gasteiger partial charge in [0.05, 0.1) is 36.4 Å². The number of aryl methyl sites for hydroxylation is 2. The molecule has 9 nitrogen and oxygen atoms in total. The molecule has 0 radical (unpaired) electrons. The first-order valence-corrected chi connectivity index (χ1v) is 20.0. The van der Waals surface area contributed by atoms with Gasteiger partial charge < -0.3 is 19.1 Å². The molecule has 9 atom stereocenters. The number of rotatable bonds is 8. The topological polar surface area (TPSA) is 125 Å². The number of hydrogen-bond acceptors (Lipinski definition) is 7. The monoisotopic (exact) mass is 728 g/mol. The Bertz CT molecular complexity index is 1880. The zero-order valence-corrected chi connectivity index (χ0v) is 33.2. The molecule has 5 aliphatic rings. The number of carboxylic acid groups (broad SMARTS) is 1. The van der Waals surface area contributed by atoms with Crippen molar-refractivity contribution in [1.29, 1.82) is 0 Å². The van der Waals surface area contributed by atoms with Crippen molar-refractivity contribution in [3.63, 3.8) is 0 Å². The third kappa shape index (κ3) is 5.71. The molecule has 1 aromatic heterocycles. The number of aliphatic carboxylic acids is 1. The summed E-state index contributed by atoms with van der Waals surface area (Å²) in [5.41, 5.74) is 1.56. The van der Waals surface area contributed by atoms with Gasteiger partial charge >= 0.3 is 17.9 Å². The molecule has 0 saturated heterocycles. The maximum Gasteiger partial charge on any atom is 0.311 e. The number of aromatic nitrogens is 2. The Morgan fingerprint density at radius 2 is 1.64 bits per heavy atom. The first kappa shape index (κ1) is 37.8. The smallest absolute Gasteiger partial charge is 0.311 e. The van der Waals surface area contributed by atoms with Gasteiger partial charge in [-0.1, -0.05) is 59.2 Å². The highest BCUT2D eigenvalue weighted by Crippen LogP contribution is 2.75. The Kier molecular flexibility index (Phi) is 9.13. The van der Waals surface area contributed by atoms with E-state index in [2.05, 4.69) is 52.6 Å². The molecular formula is C44H60N2O7. The van der Waals surface area contributed by atoms with E-state index in [1.807, 2.05) is 35.8 Å². The Hall–Kier alpha value is -3.49. The minimum Gasteiger partial charge on any atom is -0.481 e. The van der Waals surface area contributed by atoms with E-state index in [9.17, 15) is 24.3 Å². The van der Waals surface area contributed by atoms with Crippen LogP contribution in [0.5, 0.6) is 0 Å². The number of fused-ring (bicyclic) bond motifs is 8. The average Bonchev–Trinajstić information content (AvgIpc) is 3.46. The number of para-hydroxylation sites is 2. The number of esters is 2. The lowest BCUT2D eigenvalue weighted by atomic mass is 9.34. The SMILES string of the molecule is COC(=O)[C@@]1(C)CC[C@]2(C)CC[C@]3(C)[C@H](C(=O)C=C4[C@@]5(C)CC[C@H](OC(=O)CCn6c(CCC(=O)O)nc7ccccc76)C(C)(C)[C@@H]5CC[C@]43C)[C@@H]2C1. The maximum absolute atomic E-state index is 14.7. The zero-order chi connectivity index (χ0) is 38.4. The second kappa shape index (κ2) is 12.8. The molecule has 0 unspecified atom stereocenters. The van der Waals surface area contributed by atoms with Crippen LogP contribution < -0.4 is 0 Å². The second-order valence-corrected chi connectivity index (χ2v) is 19.4. The molecule has 5 aliphatic carbocycles. The fraction of sp³-hybridized carbons (Fsp3) is 0.705. The number of carbonyl (C=O) groups excluding carboxylic acids is 3. The molecule has 288 valence electrons. The molecule has 9 heteroatoms. The summed E-state index contributed by atoms with van der Waals surface area (Å²) in [5, 5.41) is 9.29. The van der Waals surface area contributed by atoms with Gasteiger partial charge in [0, 0.05) is 24.3 Å². The Labute approximate surface area is 314 Å². The van der Waals surface area contributed by atoms with Crippen LogP contribution in [-0.4, -0.2) is 51.6 Å². The average molecular weight is 729 g/mol. The van der Waals surface area contributed by atoms with Crippen LogP contribution in [0.15, 0.2) is 35.9 Å². The molecule has 7 rings (SSSR count). The van der Waals surface area contributed by atoms with Crippen LogP contribution in [0.1, 0.15) is 125 Å². The fourth-order valence-corrected chi connectivity index (χ4v) is 12.9. The number of hydrogen-bond donors (Lipinski definition) is 1. The molecule has 1 N–H and O–H groups in total. The summed E-state index contributed by atoms with van der Waals surface area (Å²) >= 11 is 0. The molecule has 0 spiro atoms. The number of nitrogens with zero attached hydrogens (tertiary/aromatic N) is 2. The van der Waals surface area contributed by atoms with E-state index in [4.69, 9.17) is 9.47 Å². The summed E-state index contributed by atoms with van der Waals surface area (Å²) < 4.78 is 13.6. The van der Waals surface area contributed by atoms with E-state index in [1.165, 1.54) is 12.7 Å². The molecule has 53 heavy (non-hydrogen) atoms. The summed E-state index contributed by atoms with van der Waals surface area (Å²) in [7, 11) is 1.48. The molecule has 0 aliphatic heterocycles. The number of ether oxygens (including phenoxy) is 2. The lowest BCUT2D eigenvalue weighted by Crippen LogP contribution is -2.65. The first-order valence-electron chi connectivity index (χ1n) is 20.0. The van der Waals surface area contributed by atoms with Crippen LogP contribution in [0.2, 0.25) is 0 Å². The number of benzene rings is 1. The third-order valence-corrected chi connectivity index (χ3v) is 16.3. The molecular weight excluding hydrogens is 668 g/mol. The van der Waals surface area contributed by atoms with Gasteiger partial charge in [0.15, 0.2) is 5.78 Å². The number of carboxylic acids is 1. The molecule has 4 saturated carbocycles. The molecule has 0 bridgehead atoms. The zero-order valence-electron chi connectivity index (χ0n) is 33.2. The fourth-order valence-electron chi connectivity index (χ4n) is 12.9. The summed E-state index contributed by atoms with van der Waals surface area (Å²) in [6.07, 6.45) is 10.3. The Morgan fingerprint density at radius 1 is 0.925 bits per heavy atom. The number of ketones is 1. The molecule has 4 fully saturated rings. The highest BCUT2D eigenvalue weighted by Gasteiger charge is 2.70. The lowest BCUT2D eigenvalue weighted by Gasteiger charge is -2.70. The number of imidazole rings is 1. The minimum atomic E-state index is -0.881. The second-order valence-electron chi connectivity index (χ2n) is 19.4. The van der Waals surface area contributed by atoms with Gasteiger partial charge in [-0.05, 0) is 116 Å².